The molecule has 5 heterocycles. The van der Waals surface area contributed by atoms with Gasteiger partial charge in [-0.25, -0.2) is 0 Å². The lowest BCUT2D eigenvalue weighted by Crippen LogP contribution is -2.67. The number of amides is 3. The summed E-state index contributed by atoms with van der Waals surface area (Å²) < 4.78 is 54.4. The van der Waals surface area contributed by atoms with E-state index in [0.29, 0.717) is 0 Å². The Balaban J connectivity index is 1.41. The molecule has 5 saturated heterocycles. The Morgan fingerprint density at radius 1 is 0.448 bits per heavy atom. The number of hydrogen-bond acceptors (Lipinski definition) is 19. The lowest BCUT2D eigenvalue weighted by atomic mass is 9.95. The summed E-state index contributed by atoms with van der Waals surface area (Å²) in [4.78, 5) is 35.6. The molecule has 1 unspecified atom stereocenters. The molecular weight excluding hydrogens is 778 g/mol. The van der Waals surface area contributed by atoms with E-state index in [0.717, 1.165) is 0 Å². The Morgan fingerprint density at radius 2 is 0.897 bits per heavy atom. The van der Waals surface area contributed by atoms with Crippen molar-refractivity contribution in [2.24, 2.45) is 0 Å². The van der Waals surface area contributed by atoms with Crippen molar-refractivity contribution in [3.8, 4) is 0 Å². The van der Waals surface area contributed by atoms with Gasteiger partial charge in [0, 0.05) is 33.6 Å². The van der Waals surface area contributed by atoms with Crippen molar-refractivity contribution >= 4 is 17.7 Å². The Hall–Kier alpha value is -2.23. The molecule has 0 aromatic rings. The van der Waals surface area contributed by atoms with Crippen LogP contribution < -0.4 is 16.0 Å². The lowest BCUT2D eigenvalue weighted by Gasteiger charge is -2.50. The van der Waals surface area contributed by atoms with E-state index in [9.17, 15) is 50.1 Å². The first kappa shape index (κ1) is 46.8. The first-order valence-corrected chi connectivity index (χ1v) is 19.6. The summed E-state index contributed by atoms with van der Waals surface area (Å²) in [6, 6.07) is -2.59. The number of ether oxygens (including phenoxy) is 9. The minimum Gasteiger partial charge on any atom is -0.388 e. The molecule has 3 amide bonds. The number of aliphatic hydroxyl groups is 7. The second-order valence-electron chi connectivity index (χ2n) is 15.9. The van der Waals surface area contributed by atoms with Crippen LogP contribution in [0, 0.1) is 0 Å². The van der Waals surface area contributed by atoms with E-state index in [1.54, 1.807) is 13.8 Å². The van der Waals surface area contributed by atoms with Gasteiger partial charge in [-0.15, -0.1) is 0 Å². The van der Waals surface area contributed by atoms with Gasteiger partial charge >= 0.3 is 0 Å². The standard InChI is InChI=1S/C36H61N3O19/c1-11-23(39-18(8)42)27(46)28(47)35(53-11)58-33-32(56-22-10-20(38-17(7)41)25(44)13(3)51-22)30(15(5)52-34(33)49)57-36-29(48)31(26(45)14(4)54-36)55-21-9-19(37-16(6)40)24(43)12(2)50-21/h11-15,19-36,43-49H,9-10H2,1-8H3,(H,37,40)(H,38,41)(H,39,42)/t11-,12-,13-,14-,15-,19-,20-,21+,22+,23-,24-,25-,26-,27+,28-,29-,30-,31+,32+,33-,34?,35+,36+/m1/s1. The van der Waals surface area contributed by atoms with Gasteiger partial charge < -0.3 is 94.3 Å². The summed E-state index contributed by atoms with van der Waals surface area (Å²) in [6.45, 7) is 11.5. The van der Waals surface area contributed by atoms with Gasteiger partial charge in [-0.3, -0.25) is 14.4 Å². The second-order valence-corrected chi connectivity index (χ2v) is 15.9. The van der Waals surface area contributed by atoms with Crippen molar-refractivity contribution in [2.45, 2.75) is 209 Å². The summed E-state index contributed by atoms with van der Waals surface area (Å²) in [5, 5.41) is 85.4. The van der Waals surface area contributed by atoms with Crippen LogP contribution in [-0.2, 0) is 57.0 Å². The van der Waals surface area contributed by atoms with Crippen molar-refractivity contribution in [3.63, 3.8) is 0 Å². The third-order valence-electron chi connectivity index (χ3n) is 11.1. The Kier molecular flexibility index (Phi) is 15.9. The maximum atomic E-state index is 12.0. The fraction of sp³-hybridized carbons (Fsp3) is 0.917. The molecule has 10 N–H and O–H groups in total. The molecule has 0 saturated carbocycles. The zero-order valence-electron chi connectivity index (χ0n) is 33.7. The molecule has 334 valence electrons. The first-order chi connectivity index (χ1) is 27.2. The average Bonchev–Trinajstić information content (AvgIpc) is 3.12. The highest BCUT2D eigenvalue weighted by Gasteiger charge is 2.55. The maximum absolute atomic E-state index is 12.0. The van der Waals surface area contributed by atoms with E-state index >= 15 is 0 Å². The highest BCUT2D eigenvalue weighted by molar-refractivity contribution is 5.74. The van der Waals surface area contributed by atoms with E-state index < -0.39 is 159 Å². The molecule has 5 aliphatic heterocycles. The zero-order valence-corrected chi connectivity index (χ0v) is 33.7. The SMILES string of the molecule is CC(=O)N[C@H]1[C@H](O)[C@@H](O)[C@H](O[C@H]2C(O)O[C@H](C)[C@@H](O[C@@H]3O[C@H](C)[C@@H](O)[C@H](O[C@H]4C[C@@H](NC(C)=O)[C@H](O)[C@@H](C)O4)[C@H]3O)[C@@H]2O[C@H]2C[C@@H](NC(C)=O)[C@H](O)[C@@H](C)O2)O[C@@H]1C. The van der Waals surface area contributed by atoms with Crippen LogP contribution >= 0.6 is 0 Å². The van der Waals surface area contributed by atoms with Crippen LogP contribution in [-0.4, -0.2) is 195 Å². The van der Waals surface area contributed by atoms with Crippen molar-refractivity contribution in [1.29, 1.82) is 0 Å². The molecule has 5 aliphatic rings. The van der Waals surface area contributed by atoms with Gasteiger partial charge in [0.05, 0.1) is 48.6 Å². The van der Waals surface area contributed by atoms with Crippen LogP contribution in [0.4, 0.5) is 0 Å². The monoisotopic (exact) mass is 839 g/mol. The van der Waals surface area contributed by atoms with E-state index in [4.69, 9.17) is 42.6 Å². The number of carbonyl (C=O) groups excluding carboxylic acids is 3. The Morgan fingerprint density at radius 3 is 1.41 bits per heavy atom. The number of carbonyl (C=O) groups is 3. The van der Waals surface area contributed by atoms with Gasteiger partial charge in [0.2, 0.25) is 17.7 Å². The quantitative estimate of drug-likeness (QED) is 0.0941. The van der Waals surface area contributed by atoms with Crippen molar-refractivity contribution < 1.29 is 92.8 Å². The number of hydrogen-bond donors (Lipinski definition) is 10. The third-order valence-corrected chi connectivity index (χ3v) is 11.1. The average molecular weight is 840 g/mol. The summed E-state index contributed by atoms with van der Waals surface area (Å²) in [6.07, 6.45) is -26.4. The molecule has 5 rings (SSSR count). The molecule has 5 fully saturated rings. The van der Waals surface area contributed by atoms with Crippen molar-refractivity contribution in [2.75, 3.05) is 0 Å². The van der Waals surface area contributed by atoms with Crippen LogP contribution in [0.3, 0.4) is 0 Å². The number of aliphatic hydroxyl groups excluding tert-OH is 7. The van der Waals surface area contributed by atoms with Crippen LogP contribution in [0.5, 0.6) is 0 Å². The fourth-order valence-corrected chi connectivity index (χ4v) is 8.07. The summed E-state index contributed by atoms with van der Waals surface area (Å²) in [7, 11) is 0. The summed E-state index contributed by atoms with van der Waals surface area (Å²) in [5.41, 5.74) is 0. The molecule has 0 spiro atoms. The van der Waals surface area contributed by atoms with Crippen molar-refractivity contribution in [3.05, 3.63) is 0 Å². The van der Waals surface area contributed by atoms with E-state index in [1.165, 1.54) is 41.5 Å². The Labute approximate surface area is 335 Å². The van der Waals surface area contributed by atoms with Gasteiger partial charge in [0.15, 0.2) is 31.5 Å². The van der Waals surface area contributed by atoms with Crippen molar-refractivity contribution in [1.82, 2.24) is 16.0 Å². The third kappa shape index (κ3) is 10.8. The first-order valence-electron chi connectivity index (χ1n) is 19.6. The maximum Gasteiger partial charge on any atom is 0.217 e. The molecule has 0 aliphatic carbocycles. The lowest BCUT2D eigenvalue weighted by molar-refractivity contribution is -0.394. The molecule has 0 aromatic carbocycles. The normalized spacial score (nSPS) is 48.8. The van der Waals surface area contributed by atoms with Gasteiger partial charge in [-0.05, 0) is 34.6 Å². The van der Waals surface area contributed by atoms with E-state index in [1.807, 2.05) is 0 Å². The largest absolute Gasteiger partial charge is 0.388 e. The fourth-order valence-electron chi connectivity index (χ4n) is 8.07. The molecular formula is C36H61N3O19. The van der Waals surface area contributed by atoms with E-state index in [-0.39, 0.29) is 12.8 Å². The highest BCUT2D eigenvalue weighted by Crippen LogP contribution is 2.36. The summed E-state index contributed by atoms with van der Waals surface area (Å²) in [5.74, 6) is -1.30. The Bertz CT molecular complexity index is 1400. The predicted octanol–water partition coefficient (Wildman–Crippen LogP) is -4.30. The highest BCUT2D eigenvalue weighted by atomic mass is 16.8. The van der Waals surface area contributed by atoms with Gasteiger partial charge in [-0.2, -0.15) is 0 Å². The molecule has 22 nitrogen and oxygen atoms in total. The molecule has 0 radical (unpaired) electrons. The number of rotatable bonds is 11. The second kappa shape index (κ2) is 19.6. The van der Waals surface area contributed by atoms with Gasteiger partial charge in [0.25, 0.3) is 0 Å². The molecule has 23 atom stereocenters. The van der Waals surface area contributed by atoms with Gasteiger partial charge in [-0.1, -0.05) is 0 Å². The molecule has 58 heavy (non-hydrogen) atoms. The zero-order chi connectivity index (χ0) is 42.9. The van der Waals surface area contributed by atoms with Gasteiger partial charge in [0.1, 0.15) is 61.0 Å². The smallest absolute Gasteiger partial charge is 0.217 e. The topological polar surface area (TPSA) is 312 Å². The minimum absolute atomic E-state index is 0.0237. The van der Waals surface area contributed by atoms with Crippen LogP contribution in [0.15, 0.2) is 0 Å². The number of nitrogens with one attached hydrogen (secondary N) is 3. The van der Waals surface area contributed by atoms with Crippen LogP contribution in [0.1, 0.15) is 68.2 Å². The molecule has 0 aromatic heterocycles. The molecule has 0 bridgehead atoms. The minimum atomic E-state index is -1.79. The summed E-state index contributed by atoms with van der Waals surface area (Å²) >= 11 is 0. The van der Waals surface area contributed by atoms with E-state index in [2.05, 4.69) is 16.0 Å². The van der Waals surface area contributed by atoms with Crippen LogP contribution in [0.2, 0.25) is 0 Å². The van der Waals surface area contributed by atoms with Crippen LogP contribution in [0.25, 0.3) is 0 Å². The predicted molar refractivity (Wildman–Crippen MR) is 191 cm³/mol. The molecule has 22 heteroatoms.